The lowest BCUT2D eigenvalue weighted by Gasteiger charge is -2.39. The van der Waals surface area contributed by atoms with Gasteiger partial charge >= 0.3 is 0 Å². The molecule has 4 atom stereocenters. The fourth-order valence-corrected chi connectivity index (χ4v) is 9.14. The van der Waals surface area contributed by atoms with Gasteiger partial charge in [0.2, 0.25) is 11.8 Å². The standard InChI is InChI=1S/C45H29Cl2N3O3/c46-32-20-16-30(17-21-32)44-37(28-10-4-1-5-11-28)38(29-12-6-2-7-13-29)45(43(44)53,31-18-22-33(47)23-19-31)40-39(44)41(51)50(42(40)52)36-26-24-35(25-27-36)49-48-34-14-8-3-9-15-34/h1-27,39-40H/t39-,40-,44+,45+/m1/s1. The molecule has 6 nitrogen and oxygen atoms in total. The molecular formula is C45H29Cl2N3O3. The van der Waals surface area contributed by atoms with Crippen LogP contribution < -0.4 is 4.90 Å². The molecule has 1 aliphatic heterocycles. The van der Waals surface area contributed by atoms with Crippen LogP contribution in [-0.2, 0) is 25.2 Å². The highest BCUT2D eigenvalue weighted by Crippen LogP contribution is 2.74. The van der Waals surface area contributed by atoms with Crippen molar-refractivity contribution in [3.05, 3.63) is 196 Å². The lowest BCUT2D eigenvalue weighted by atomic mass is 9.59. The van der Waals surface area contributed by atoms with E-state index in [4.69, 9.17) is 23.2 Å². The Hall–Kier alpha value is -5.95. The van der Waals surface area contributed by atoms with E-state index in [-0.39, 0.29) is 5.78 Å². The summed E-state index contributed by atoms with van der Waals surface area (Å²) < 4.78 is 0. The predicted molar refractivity (Wildman–Crippen MR) is 207 cm³/mol. The molecule has 0 aromatic heterocycles. The third kappa shape index (κ3) is 4.76. The third-order valence-corrected chi connectivity index (χ3v) is 11.4. The van der Waals surface area contributed by atoms with Gasteiger partial charge in [0.25, 0.3) is 0 Å². The van der Waals surface area contributed by atoms with Gasteiger partial charge in [0, 0.05) is 10.0 Å². The second-order valence-corrected chi connectivity index (χ2v) is 14.3. The van der Waals surface area contributed by atoms with Gasteiger partial charge in [0.1, 0.15) is 0 Å². The molecule has 0 spiro atoms. The zero-order chi connectivity index (χ0) is 36.3. The second-order valence-electron chi connectivity index (χ2n) is 13.5. The average molecular weight is 731 g/mol. The highest BCUT2D eigenvalue weighted by molar-refractivity contribution is 6.39. The van der Waals surface area contributed by atoms with Crippen molar-refractivity contribution in [1.82, 2.24) is 0 Å². The lowest BCUT2D eigenvalue weighted by molar-refractivity contribution is -0.130. The van der Waals surface area contributed by atoms with Crippen molar-refractivity contribution < 1.29 is 14.4 Å². The van der Waals surface area contributed by atoms with Crippen molar-refractivity contribution in [3.8, 4) is 0 Å². The molecular weight excluding hydrogens is 701 g/mol. The number of imide groups is 1. The Balaban J connectivity index is 1.31. The van der Waals surface area contributed by atoms with E-state index in [0.717, 1.165) is 11.1 Å². The van der Waals surface area contributed by atoms with Gasteiger partial charge in [-0.1, -0.05) is 126 Å². The summed E-state index contributed by atoms with van der Waals surface area (Å²) in [5.41, 5.74) is 2.72. The van der Waals surface area contributed by atoms with Crippen LogP contribution >= 0.6 is 23.2 Å². The van der Waals surface area contributed by atoms with Crippen LogP contribution in [0.25, 0.3) is 11.1 Å². The Morgan fingerprint density at radius 3 is 1.25 bits per heavy atom. The summed E-state index contributed by atoms with van der Waals surface area (Å²) in [5.74, 6) is -3.25. The van der Waals surface area contributed by atoms with Gasteiger partial charge in [-0.2, -0.15) is 10.2 Å². The smallest absolute Gasteiger partial charge is 0.239 e. The van der Waals surface area contributed by atoms with Gasteiger partial charge in [-0.25, -0.2) is 4.90 Å². The Bertz CT molecular complexity index is 2340. The van der Waals surface area contributed by atoms with Crippen molar-refractivity contribution in [1.29, 1.82) is 0 Å². The second kappa shape index (κ2) is 12.6. The van der Waals surface area contributed by atoms with Crippen LogP contribution in [0.5, 0.6) is 0 Å². The molecule has 256 valence electrons. The van der Waals surface area contributed by atoms with Crippen LogP contribution in [0.3, 0.4) is 0 Å². The summed E-state index contributed by atoms with van der Waals surface area (Å²) >= 11 is 12.9. The van der Waals surface area contributed by atoms with Gasteiger partial charge in [-0.15, -0.1) is 0 Å². The number of benzene rings is 6. The SMILES string of the molecule is O=C1[C@H]2[C@H](C(=O)N1c1ccc(N=Nc3ccccc3)cc1)[C@@]1(c3ccc(Cl)cc3)C(=O)[C@@]2(c2ccc(Cl)cc2)C(c2ccccc2)=C1c1ccccc1. The number of rotatable bonds is 7. The molecule has 0 radical (unpaired) electrons. The molecule has 2 bridgehead atoms. The maximum Gasteiger partial charge on any atom is 0.239 e. The van der Waals surface area contributed by atoms with Crippen LogP contribution in [0.15, 0.2) is 174 Å². The van der Waals surface area contributed by atoms with E-state index in [1.165, 1.54) is 4.90 Å². The number of amides is 2. The monoisotopic (exact) mass is 729 g/mol. The molecule has 2 amide bonds. The Morgan fingerprint density at radius 2 is 0.830 bits per heavy atom. The third-order valence-electron chi connectivity index (χ3n) is 10.9. The summed E-state index contributed by atoms with van der Waals surface area (Å²) in [7, 11) is 0. The van der Waals surface area contributed by atoms with Crippen LogP contribution in [0.4, 0.5) is 17.1 Å². The van der Waals surface area contributed by atoms with Crippen molar-refractivity contribution in [2.75, 3.05) is 4.90 Å². The van der Waals surface area contributed by atoms with Crippen molar-refractivity contribution >= 4 is 69.0 Å². The Kier molecular flexibility index (Phi) is 7.84. The number of azo groups is 1. The number of anilines is 1. The number of carbonyl (C=O) groups is 3. The number of hydrogen-bond acceptors (Lipinski definition) is 5. The number of hydrogen-bond donors (Lipinski definition) is 0. The number of allylic oxidation sites excluding steroid dienone is 2. The molecule has 3 aliphatic rings. The number of nitrogens with zero attached hydrogens (tertiary/aromatic N) is 3. The molecule has 8 heteroatoms. The minimum atomic E-state index is -1.55. The summed E-state index contributed by atoms with van der Waals surface area (Å²) in [4.78, 5) is 47.9. The molecule has 0 unspecified atom stereocenters. The zero-order valence-corrected chi connectivity index (χ0v) is 29.6. The maximum atomic E-state index is 16.1. The number of halogens is 2. The van der Waals surface area contributed by atoms with E-state index >= 15 is 14.4 Å². The highest BCUT2D eigenvalue weighted by Gasteiger charge is 2.82. The fourth-order valence-electron chi connectivity index (χ4n) is 8.89. The lowest BCUT2D eigenvalue weighted by Crippen LogP contribution is -2.45. The first kappa shape index (κ1) is 32.9. The fraction of sp³-hybridized carbons (Fsp3) is 0.0889. The Morgan fingerprint density at radius 1 is 0.453 bits per heavy atom. The van der Waals surface area contributed by atoms with Crippen LogP contribution in [0.2, 0.25) is 10.0 Å². The summed E-state index contributed by atoms with van der Waals surface area (Å²) in [5, 5.41) is 9.63. The Labute approximate surface area is 316 Å². The number of Topliss-reactive ketones (excluding diaryl/α,β-unsaturated/α-hetero) is 1. The number of fused-ring (bicyclic) bond motifs is 5. The first-order valence-corrected chi connectivity index (χ1v) is 18.0. The molecule has 6 aromatic carbocycles. The molecule has 2 fully saturated rings. The summed E-state index contributed by atoms with van der Waals surface area (Å²) in [6.45, 7) is 0. The van der Waals surface area contributed by atoms with Crippen LogP contribution in [0, 0.1) is 11.8 Å². The molecule has 1 saturated heterocycles. The van der Waals surface area contributed by atoms with Gasteiger partial charge in [-0.05, 0) is 94.1 Å². The minimum Gasteiger partial charge on any atom is -0.297 e. The van der Waals surface area contributed by atoms with E-state index < -0.39 is 34.5 Å². The van der Waals surface area contributed by atoms with Crippen molar-refractivity contribution in [2.24, 2.45) is 22.1 Å². The normalized spacial score (nSPS) is 23.4. The van der Waals surface area contributed by atoms with Gasteiger partial charge in [0.05, 0.1) is 39.7 Å². The first-order valence-electron chi connectivity index (χ1n) is 17.2. The maximum absolute atomic E-state index is 16.1. The first-order chi connectivity index (χ1) is 25.9. The van der Waals surface area contributed by atoms with Gasteiger partial charge in [0.15, 0.2) is 5.78 Å². The number of ketones is 1. The minimum absolute atomic E-state index is 0.222. The molecule has 53 heavy (non-hydrogen) atoms. The van der Waals surface area contributed by atoms with E-state index in [1.807, 2.05) is 115 Å². The van der Waals surface area contributed by atoms with Crippen molar-refractivity contribution in [3.63, 3.8) is 0 Å². The molecule has 2 aliphatic carbocycles. The van der Waals surface area contributed by atoms with Crippen LogP contribution in [0.1, 0.15) is 22.3 Å². The van der Waals surface area contributed by atoms with Gasteiger partial charge in [-0.3, -0.25) is 14.4 Å². The average Bonchev–Trinajstić information content (AvgIpc) is 3.71. The predicted octanol–water partition coefficient (Wildman–Crippen LogP) is 10.6. The molecule has 9 rings (SSSR count). The summed E-state index contributed by atoms with van der Waals surface area (Å²) in [6.07, 6.45) is 0. The molecule has 0 N–H and O–H groups in total. The van der Waals surface area contributed by atoms with Crippen molar-refractivity contribution in [2.45, 2.75) is 10.8 Å². The van der Waals surface area contributed by atoms with E-state index in [1.54, 1.807) is 48.5 Å². The molecule has 6 aromatic rings. The van der Waals surface area contributed by atoms with E-state index in [9.17, 15) is 0 Å². The summed E-state index contributed by atoms with van der Waals surface area (Å²) in [6, 6.07) is 49.9. The number of carbonyl (C=O) groups excluding carboxylic acids is 3. The quantitative estimate of drug-likeness (QED) is 0.121. The topological polar surface area (TPSA) is 79.2 Å². The molecule has 1 saturated carbocycles. The zero-order valence-electron chi connectivity index (χ0n) is 28.1. The highest BCUT2D eigenvalue weighted by atomic mass is 35.5. The van der Waals surface area contributed by atoms with E-state index in [0.29, 0.717) is 49.4 Å². The van der Waals surface area contributed by atoms with E-state index in [2.05, 4.69) is 10.2 Å². The van der Waals surface area contributed by atoms with Gasteiger partial charge < -0.3 is 0 Å². The van der Waals surface area contributed by atoms with Crippen LogP contribution in [-0.4, -0.2) is 17.6 Å². The molecule has 1 heterocycles. The largest absolute Gasteiger partial charge is 0.297 e.